The van der Waals surface area contributed by atoms with Gasteiger partial charge in [-0.15, -0.1) is 0 Å². The van der Waals surface area contributed by atoms with Crippen molar-refractivity contribution in [2.75, 3.05) is 20.6 Å². The Morgan fingerprint density at radius 1 is 1.33 bits per heavy atom. The highest BCUT2D eigenvalue weighted by atomic mass is 16.5. The highest BCUT2D eigenvalue weighted by molar-refractivity contribution is 5.94. The minimum absolute atomic E-state index is 0.356. The average Bonchev–Trinajstić information content (AvgIpc) is 2.79. The molecule has 0 radical (unpaired) electrons. The number of benzene rings is 1. The number of para-hydroxylation sites is 1. The highest BCUT2D eigenvalue weighted by Gasteiger charge is 2.14. The summed E-state index contributed by atoms with van der Waals surface area (Å²) < 4.78 is 5.12. The second-order valence-corrected chi connectivity index (χ2v) is 5.09. The van der Waals surface area contributed by atoms with E-state index in [2.05, 4.69) is 9.88 Å². The smallest absolute Gasteiger partial charge is 0.322 e. The van der Waals surface area contributed by atoms with Crippen molar-refractivity contribution in [1.29, 1.82) is 0 Å². The number of esters is 1. The second kappa shape index (κ2) is 6.41. The molecule has 0 aliphatic heterocycles. The molecule has 112 valence electrons. The van der Waals surface area contributed by atoms with Crippen molar-refractivity contribution in [3.8, 4) is 5.75 Å². The number of likely N-dealkylation sites (N-methyl/N-ethyl adjacent to an activating group) is 1. The summed E-state index contributed by atoms with van der Waals surface area (Å²) in [7, 11) is 4.02. The van der Waals surface area contributed by atoms with Gasteiger partial charge < -0.3 is 19.7 Å². The van der Waals surface area contributed by atoms with Crippen molar-refractivity contribution < 1.29 is 19.4 Å². The van der Waals surface area contributed by atoms with Crippen LogP contribution in [-0.2, 0) is 16.0 Å². The summed E-state index contributed by atoms with van der Waals surface area (Å²) >= 11 is 0. The van der Waals surface area contributed by atoms with Crippen molar-refractivity contribution in [2.24, 2.45) is 0 Å². The number of hydrogen-bond acceptors (Lipinski definition) is 4. The molecule has 0 bridgehead atoms. The van der Waals surface area contributed by atoms with Crippen molar-refractivity contribution in [3.05, 3.63) is 30.0 Å². The molecule has 0 unspecified atom stereocenters. The van der Waals surface area contributed by atoms with Gasteiger partial charge >= 0.3 is 11.9 Å². The van der Waals surface area contributed by atoms with Gasteiger partial charge in [0.1, 0.15) is 6.42 Å². The van der Waals surface area contributed by atoms with Gasteiger partial charge in [0.15, 0.2) is 5.75 Å². The Balaban J connectivity index is 2.22. The first-order chi connectivity index (χ1) is 9.97. The van der Waals surface area contributed by atoms with Crippen LogP contribution in [0.1, 0.15) is 12.0 Å². The lowest BCUT2D eigenvalue weighted by Gasteiger charge is -2.08. The SMILES string of the molecule is CN(C)CCc1c[nH]c2c(OC(=O)CC(=O)O)cccc12. The molecule has 1 heterocycles. The number of carbonyl (C=O) groups excluding carboxylic acids is 1. The van der Waals surface area contributed by atoms with Crippen molar-refractivity contribution >= 4 is 22.8 Å². The summed E-state index contributed by atoms with van der Waals surface area (Å²) in [4.78, 5) is 27.2. The molecule has 0 amide bonds. The number of nitrogens with zero attached hydrogens (tertiary/aromatic N) is 1. The van der Waals surface area contributed by atoms with Gasteiger partial charge in [-0.2, -0.15) is 0 Å². The quantitative estimate of drug-likeness (QED) is 0.480. The zero-order valence-corrected chi connectivity index (χ0v) is 12.0. The molecule has 0 atom stereocenters. The zero-order valence-electron chi connectivity index (χ0n) is 12.0. The number of nitrogens with one attached hydrogen (secondary N) is 1. The third-order valence-corrected chi connectivity index (χ3v) is 3.11. The van der Waals surface area contributed by atoms with Gasteiger partial charge in [-0.3, -0.25) is 9.59 Å². The standard InChI is InChI=1S/C15H18N2O4/c1-17(2)7-6-10-9-16-15-11(10)4-3-5-12(15)21-14(20)8-13(18)19/h3-5,9,16H,6-8H2,1-2H3,(H,18,19). The van der Waals surface area contributed by atoms with Crippen LogP contribution in [0, 0.1) is 0 Å². The maximum Gasteiger partial charge on any atom is 0.322 e. The molecular weight excluding hydrogens is 272 g/mol. The first-order valence-electron chi connectivity index (χ1n) is 6.63. The number of carbonyl (C=O) groups is 2. The average molecular weight is 290 g/mol. The van der Waals surface area contributed by atoms with E-state index in [0.717, 1.165) is 23.9 Å². The van der Waals surface area contributed by atoms with E-state index in [9.17, 15) is 9.59 Å². The second-order valence-electron chi connectivity index (χ2n) is 5.09. The van der Waals surface area contributed by atoms with Crippen LogP contribution >= 0.6 is 0 Å². The Labute approximate surface area is 122 Å². The Morgan fingerprint density at radius 2 is 2.10 bits per heavy atom. The third-order valence-electron chi connectivity index (χ3n) is 3.11. The summed E-state index contributed by atoms with van der Waals surface area (Å²) in [5.74, 6) is -1.63. The number of hydrogen-bond donors (Lipinski definition) is 2. The van der Waals surface area contributed by atoms with E-state index < -0.39 is 18.4 Å². The topological polar surface area (TPSA) is 82.6 Å². The van der Waals surface area contributed by atoms with E-state index in [0.29, 0.717) is 11.3 Å². The Kier molecular flexibility index (Phi) is 4.59. The molecule has 2 N–H and O–H groups in total. The van der Waals surface area contributed by atoms with Crippen molar-refractivity contribution in [2.45, 2.75) is 12.8 Å². The molecule has 2 rings (SSSR count). The molecule has 0 saturated heterocycles. The summed E-state index contributed by atoms with van der Waals surface area (Å²) in [5.41, 5.74) is 1.85. The normalized spacial score (nSPS) is 11.0. The lowest BCUT2D eigenvalue weighted by atomic mass is 10.1. The third kappa shape index (κ3) is 3.82. The van der Waals surface area contributed by atoms with Gasteiger partial charge in [0.05, 0.1) is 5.52 Å². The number of aliphatic carboxylic acids is 1. The minimum Gasteiger partial charge on any atom is -0.481 e. The van der Waals surface area contributed by atoms with Gasteiger partial charge in [0.2, 0.25) is 0 Å². The van der Waals surface area contributed by atoms with Crippen LogP contribution in [0.3, 0.4) is 0 Å². The first kappa shape index (κ1) is 15.1. The Hall–Kier alpha value is -2.34. The van der Waals surface area contributed by atoms with Gasteiger partial charge in [0.25, 0.3) is 0 Å². The van der Waals surface area contributed by atoms with Crippen LogP contribution in [0.25, 0.3) is 10.9 Å². The summed E-state index contributed by atoms with van der Waals surface area (Å²) in [6, 6.07) is 5.39. The number of H-pyrrole nitrogens is 1. The molecule has 0 fully saturated rings. The summed E-state index contributed by atoms with van der Waals surface area (Å²) in [6.45, 7) is 0.913. The minimum atomic E-state index is -1.20. The Morgan fingerprint density at radius 3 is 2.76 bits per heavy atom. The van der Waals surface area contributed by atoms with Gasteiger partial charge in [0, 0.05) is 18.1 Å². The number of ether oxygens (including phenoxy) is 1. The van der Waals surface area contributed by atoms with E-state index >= 15 is 0 Å². The van der Waals surface area contributed by atoms with Crippen LogP contribution in [0.15, 0.2) is 24.4 Å². The number of fused-ring (bicyclic) bond motifs is 1. The number of aromatic amines is 1. The predicted octanol–water partition coefficient (Wildman–Crippen LogP) is 1.65. The number of aromatic nitrogens is 1. The summed E-state index contributed by atoms with van der Waals surface area (Å²) in [6.07, 6.45) is 2.12. The van der Waals surface area contributed by atoms with E-state index in [4.69, 9.17) is 9.84 Å². The number of carboxylic acids is 1. The van der Waals surface area contributed by atoms with E-state index in [1.807, 2.05) is 26.4 Å². The molecule has 6 nitrogen and oxygen atoms in total. The maximum absolute atomic E-state index is 11.5. The van der Waals surface area contributed by atoms with Crippen molar-refractivity contribution in [1.82, 2.24) is 9.88 Å². The van der Waals surface area contributed by atoms with E-state index in [1.165, 1.54) is 0 Å². The van der Waals surface area contributed by atoms with E-state index in [1.54, 1.807) is 12.1 Å². The molecule has 1 aromatic heterocycles. The first-order valence-corrected chi connectivity index (χ1v) is 6.63. The molecule has 0 aliphatic carbocycles. The maximum atomic E-state index is 11.5. The molecule has 1 aromatic carbocycles. The highest BCUT2D eigenvalue weighted by Crippen LogP contribution is 2.27. The summed E-state index contributed by atoms with van der Waals surface area (Å²) in [5, 5.41) is 9.57. The van der Waals surface area contributed by atoms with Crippen LogP contribution in [0.2, 0.25) is 0 Å². The lowest BCUT2D eigenvalue weighted by molar-refractivity contribution is -0.145. The molecule has 0 aliphatic rings. The fourth-order valence-corrected chi connectivity index (χ4v) is 2.10. The van der Waals surface area contributed by atoms with Crippen LogP contribution in [0.4, 0.5) is 0 Å². The monoisotopic (exact) mass is 290 g/mol. The number of rotatable bonds is 6. The fraction of sp³-hybridized carbons (Fsp3) is 0.333. The molecule has 6 heteroatoms. The molecule has 0 saturated carbocycles. The largest absolute Gasteiger partial charge is 0.481 e. The van der Waals surface area contributed by atoms with Crippen LogP contribution < -0.4 is 4.74 Å². The molecular formula is C15H18N2O4. The van der Waals surface area contributed by atoms with E-state index in [-0.39, 0.29) is 0 Å². The zero-order chi connectivity index (χ0) is 15.4. The molecule has 21 heavy (non-hydrogen) atoms. The Bertz CT molecular complexity index is 661. The lowest BCUT2D eigenvalue weighted by Crippen LogP contribution is -2.14. The molecule has 0 spiro atoms. The van der Waals surface area contributed by atoms with Gasteiger partial charge in [-0.05, 0) is 32.1 Å². The molecule has 2 aromatic rings. The van der Waals surface area contributed by atoms with Crippen LogP contribution in [0.5, 0.6) is 5.75 Å². The fourth-order valence-electron chi connectivity index (χ4n) is 2.10. The number of carboxylic acid groups (broad SMARTS) is 1. The van der Waals surface area contributed by atoms with Crippen molar-refractivity contribution in [3.63, 3.8) is 0 Å². The van der Waals surface area contributed by atoms with Gasteiger partial charge in [-0.25, -0.2) is 0 Å². The van der Waals surface area contributed by atoms with Gasteiger partial charge in [-0.1, -0.05) is 12.1 Å². The predicted molar refractivity (Wildman–Crippen MR) is 78.4 cm³/mol. The van der Waals surface area contributed by atoms with Crippen LogP contribution in [-0.4, -0.2) is 47.6 Å².